The van der Waals surface area contributed by atoms with Gasteiger partial charge in [-0.3, -0.25) is 37.3 Å². The summed E-state index contributed by atoms with van der Waals surface area (Å²) in [7, 11) is -9.93. The summed E-state index contributed by atoms with van der Waals surface area (Å²) in [6, 6.07) is 0. The molecule has 0 aliphatic carbocycles. The Bertz CT molecular complexity index is 2100. The van der Waals surface area contributed by atoms with E-state index in [0.717, 1.165) is 120 Å². The number of carbonyl (C=O) groups excluding carboxylic acids is 4. The number of unbranched alkanes of at least 4 members (excludes halogenated alkanes) is 51. The highest BCUT2D eigenvalue weighted by atomic mass is 31.2. The molecule has 0 saturated heterocycles. The third-order valence-electron chi connectivity index (χ3n) is 21.2. The summed E-state index contributed by atoms with van der Waals surface area (Å²) in [6.45, 7) is 14.4. The number of phosphoric acid groups is 2. The van der Waals surface area contributed by atoms with Crippen LogP contribution < -0.4 is 0 Å². The molecule has 0 aromatic heterocycles. The van der Waals surface area contributed by atoms with Crippen LogP contribution in [0.4, 0.5) is 0 Å². The van der Waals surface area contributed by atoms with Gasteiger partial charge in [-0.05, 0) is 49.4 Å². The fourth-order valence-electron chi connectivity index (χ4n) is 13.8. The molecule has 3 unspecified atom stereocenters. The van der Waals surface area contributed by atoms with Crippen molar-refractivity contribution in [3.05, 3.63) is 0 Å². The van der Waals surface area contributed by atoms with Crippen molar-refractivity contribution in [1.82, 2.24) is 0 Å². The monoisotopic (exact) mass is 1580 g/mol. The lowest BCUT2D eigenvalue weighted by Gasteiger charge is -2.21. The van der Waals surface area contributed by atoms with Gasteiger partial charge >= 0.3 is 39.5 Å². The molecular formula is C89H174O17P2. The van der Waals surface area contributed by atoms with E-state index in [0.29, 0.717) is 25.7 Å². The normalized spacial score (nSPS) is 14.1. The van der Waals surface area contributed by atoms with Gasteiger partial charge in [0.05, 0.1) is 26.4 Å². The zero-order valence-electron chi connectivity index (χ0n) is 71.5. The highest BCUT2D eigenvalue weighted by Crippen LogP contribution is 2.45. The number of aliphatic hydroxyl groups excluding tert-OH is 1. The maximum atomic E-state index is 13.2. The summed E-state index contributed by atoms with van der Waals surface area (Å²) < 4.78 is 69.0. The number of esters is 4. The van der Waals surface area contributed by atoms with Gasteiger partial charge in [0.25, 0.3) is 0 Å². The highest BCUT2D eigenvalue weighted by Gasteiger charge is 2.31. The van der Waals surface area contributed by atoms with E-state index in [1.807, 2.05) is 0 Å². The van der Waals surface area contributed by atoms with Crippen molar-refractivity contribution in [3.63, 3.8) is 0 Å². The van der Waals surface area contributed by atoms with Gasteiger partial charge in [0.1, 0.15) is 19.3 Å². The Morgan fingerprint density at radius 3 is 0.657 bits per heavy atom. The molecule has 19 heteroatoms. The summed E-state index contributed by atoms with van der Waals surface area (Å²) in [6.07, 6.45) is 68.2. The third kappa shape index (κ3) is 80.7. The van der Waals surface area contributed by atoms with Crippen molar-refractivity contribution in [1.29, 1.82) is 0 Å². The van der Waals surface area contributed by atoms with Crippen LogP contribution in [-0.4, -0.2) is 96.7 Å². The van der Waals surface area contributed by atoms with Crippen LogP contribution in [0, 0.1) is 23.7 Å². The maximum Gasteiger partial charge on any atom is 0.472 e. The van der Waals surface area contributed by atoms with Crippen LogP contribution in [0.15, 0.2) is 0 Å². The Balaban J connectivity index is 5.20. The highest BCUT2D eigenvalue weighted by molar-refractivity contribution is 7.47. The Morgan fingerprint density at radius 1 is 0.259 bits per heavy atom. The van der Waals surface area contributed by atoms with Crippen molar-refractivity contribution in [3.8, 4) is 0 Å². The van der Waals surface area contributed by atoms with E-state index in [1.54, 1.807) is 0 Å². The lowest BCUT2D eigenvalue weighted by atomic mass is 10.00. The van der Waals surface area contributed by atoms with E-state index >= 15 is 0 Å². The Kier molecular flexibility index (Phi) is 76.2. The number of carbonyl (C=O) groups is 4. The summed E-state index contributed by atoms with van der Waals surface area (Å²) >= 11 is 0. The number of phosphoric ester groups is 2. The first kappa shape index (κ1) is 106. The predicted molar refractivity (Wildman–Crippen MR) is 446 cm³/mol. The van der Waals surface area contributed by atoms with Crippen LogP contribution in [-0.2, 0) is 65.4 Å². The maximum absolute atomic E-state index is 13.2. The molecule has 0 amide bonds. The number of rotatable bonds is 86. The van der Waals surface area contributed by atoms with Gasteiger partial charge < -0.3 is 33.8 Å². The van der Waals surface area contributed by atoms with Crippen molar-refractivity contribution in [2.75, 3.05) is 39.6 Å². The molecule has 108 heavy (non-hydrogen) atoms. The standard InChI is InChI=1S/C89H174O17P2/c1-9-82(8)68-60-52-47-48-54-62-70-87(92)100-76-85(106-89(94)71-63-55-45-39-33-27-21-17-13-11-15-19-24-30-36-42-50-58-66-80(4)5)78-104-108(97,98)102-74-83(90)73-101-107(95,96)103-77-84(105-88(93)72-64-56-46-40-34-28-22-25-31-37-43-51-59-67-81(6)7)75-99-86(91)69-61-53-44-38-32-26-20-16-12-10-14-18-23-29-35-41-49-57-65-79(2)3/h79-85,90H,9-78H2,1-8H3,(H,95,96)(H,97,98)/t82?,83-,84-,85-/m1/s1. The van der Waals surface area contributed by atoms with Crippen molar-refractivity contribution >= 4 is 39.5 Å². The fraction of sp³-hybridized carbons (Fsp3) is 0.955. The van der Waals surface area contributed by atoms with Crippen molar-refractivity contribution < 1.29 is 80.2 Å². The van der Waals surface area contributed by atoms with Gasteiger partial charge in [-0.25, -0.2) is 9.13 Å². The van der Waals surface area contributed by atoms with Gasteiger partial charge in [-0.1, -0.05) is 415 Å². The minimum absolute atomic E-state index is 0.107. The average molecular weight is 1580 g/mol. The second-order valence-corrected chi connectivity index (χ2v) is 36.6. The molecule has 0 bridgehead atoms. The summed E-state index contributed by atoms with van der Waals surface area (Å²) in [5.41, 5.74) is 0. The molecule has 3 N–H and O–H groups in total. The van der Waals surface area contributed by atoms with E-state index in [2.05, 4.69) is 55.4 Å². The van der Waals surface area contributed by atoms with Gasteiger partial charge in [-0.15, -0.1) is 0 Å². The molecule has 0 heterocycles. The van der Waals surface area contributed by atoms with Gasteiger partial charge in [0.15, 0.2) is 12.2 Å². The SMILES string of the molecule is CCC(C)CCCCCCCCC(=O)OC[C@H](COP(=O)(O)OC[C@H](O)COP(=O)(O)OC[C@@H](COC(=O)CCCCCCCCCCCCCCCCCCCCC(C)C)OC(=O)CCCCCCCCCCCCCCCC(C)C)OC(=O)CCCCCCCCCCCCCCCCCCCCC(C)C. The van der Waals surface area contributed by atoms with Crippen LogP contribution in [0.25, 0.3) is 0 Å². The molecule has 0 aromatic carbocycles. The van der Waals surface area contributed by atoms with Crippen LogP contribution in [0.1, 0.15) is 466 Å². The van der Waals surface area contributed by atoms with Crippen molar-refractivity contribution in [2.24, 2.45) is 23.7 Å². The first-order chi connectivity index (χ1) is 52.1. The number of aliphatic hydroxyl groups is 1. The molecule has 0 fully saturated rings. The molecule has 642 valence electrons. The zero-order chi connectivity index (χ0) is 79.5. The molecule has 17 nitrogen and oxygen atoms in total. The molecule has 0 saturated carbocycles. The topological polar surface area (TPSA) is 237 Å². The lowest BCUT2D eigenvalue weighted by molar-refractivity contribution is -0.161. The zero-order valence-corrected chi connectivity index (χ0v) is 73.3. The minimum Gasteiger partial charge on any atom is -0.462 e. The quantitative estimate of drug-likeness (QED) is 0.0222. The molecule has 6 atom stereocenters. The fourth-order valence-corrected chi connectivity index (χ4v) is 15.4. The lowest BCUT2D eigenvalue weighted by Crippen LogP contribution is -2.30. The summed E-state index contributed by atoms with van der Waals surface area (Å²) in [5, 5.41) is 10.7. The molecule has 0 aliphatic rings. The summed E-state index contributed by atoms with van der Waals surface area (Å²) in [4.78, 5) is 73.3. The first-order valence-corrected chi connectivity index (χ1v) is 48.7. The van der Waals surface area contributed by atoms with Crippen LogP contribution in [0.3, 0.4) is 0 Å². The molecule has 0 aromatic rings. The van der Waals surface area contributed by atoms with Crippen LogP contribution in [0.5, 0.6) is 0 Å². The largest absolute Gasteiger partial charge is 0.472 e. The van der Waals surface area contributed by atoms with Gasteiger partial charge in [0.2, 0.25) is 0 Å². The Labute approximate surface area is 664 Å². The number of hydrogen-bond acceptors (Lipinski definition) is 15. The molecule has 0 spiro atoms. The van der Waals surface area contributed by atoms with E-state index in [9.17, 15) is 43.2 Å². The van der Waals surface area contributed by atoms with Crippen LogP contribution >= 0.6 is 15.6 Å². The van der Waals surface area contributed by atoms with Gasteiger partial charge in [-0.2, -0.15) is 0 Å². The Morgan fingerprint density at radius 2 is 0.444 bits per heavy atom. The molecular weight excluding hydrogens is 1400 g/mol. The first-order valence-electron chi connectivity index (χ1n) is 45.7. The Hall–Kier alpha value is -1.94. The molecule has 0 rings (SSSR count). The average Bonchev–Trinajstić information content (AvgIpc) is 0.901. The number of hydrogen-bond donors (Lipinski definition) is 3. The van der Waals surface area contributed by atoms with E-state index in [4.69, 9.17) is 37.0 Å². The molecule has 0 aliphatic heterocycles. The van der Waals surface area contributed by atoms with E-state index < -0.39 is 97.5 Å². The molecule has 0 radical (unpaired) electrons. The minimum atomic E-state index is -4.97. The second kappa shape index (κ2) is 77.6. The third-order valence-corrected chi connectivity index (χ3v) is 23.1. The smallest absolute Gasteiger partial charge is 0.462 e. The predicted octanol–water partition coefficient (Wildman–Crippen LogP) is 27.1. The summed E-state index contributed by atoms with van der Waals surface area (Å²) in [5.74, 6) is 1.06. The van der Waals surface area contributed by atoms with E-state index in [1.165, 1.54) is 263 Å². The van der Waals surface area contributed by atoms with Gasteiger partial charge in [0, 0.05) is 25.7 Å². The second-order valence-electron chi connectivity index (χ2n) is 33.7. The van der Waals surface area contributed by atoms with Crippen LogP contribution in [0.2, 0.25) is 0 Å². The van der Waals surface area contributed by atoms with Crippen molar-refractivity contribution in [2.45, 2.75) is 485 Å². The number of ether oxygens (including phenoxy) is 4. The van der Waals surface area contributed by atoms with E-state index in [-0.39, 0.29) is 25.7 Å².